The summed E-state index contributed by atoms with van der Waals surface area (Å²) in [4.78, 5) is 2.51. The van der Waals surface area contributed by atoms with Gasteiger partial charge in [0.2, 0.25) is 0 Å². The van der Waals surface area contributed by atoms with Crippen LogP contribution >= 0.6 is 11.6 Å². The van der Waals surface area contributed by atoms with Crippen LogP contribution in [0, 0.1) is 0 Å². The Morgan fingerprint density at radius 2 is 2.06 bits per heavy atom. The van der Waals surface area contributed by atoms with Crippen molar-refractivity contribution in [2.45, 2.75) is 51.2 Å². The molecule has 0 bridgehead atoms. The largest absolute Gasteiger partial charge is 0.369 e. The van der Waals surface area contributed by atoms with Crippen molar-refractivity contribution in [3.05, 3.63) is 28.8 Å². The molecule has 0 unspecified atom stereocenters. The van der Waals surface area contributed by atoms with E-state index < -0.39 is 0 Å². The SMILES string of the molecule is CCN(c1cc(Cl)ccc1CNC1CC1)C1CC1. The number of benzene rings is 1. The predicted molar refractivity (Wildman–Crippen MR) is 77.4 cm³/mol. The van der Waals surface area contributed by atoms with Gasteiger partial charge < -0.3 is 10.2 Å². The molecule has 3 rings (SSSR count). The van der Waals surface area contributed by atoms with E-state index in [0.29, 0.717) is 0 Å². The summed E-state index contributed by atoms with van der Waals surface area (Å²) in [7, 11) is 0. The molecule has 2 aliphatic carbocycles. The highest BCUT2D eigenvalue weighted by atomic mass is 35.5. The molecule has 0 aliphatic heterocycles. The molecule has 1 N–H and O–H groups in total. The molecule has 3 heteroatoms. The van der Waals surface area contributed by atoms with Crippen LogP contribution in [0.4, 0.5) is 5.69 Å². The molecule has 18 heavy (non-hydrogen) atoms. The quantitative estimate of drug-likeness (QED) is 0.845. The van der Waals surface area contributed by atoms with Crippen LogP contribution in [0.1, 0.15) is 38.2 Å². The molecular formula is C15H21ClN2. The van der Waals surface area contributed by atoms with E-state index in [-0.39, 0.29) is 0 Å². The van der Waals surface area contributed by atoms with Gasteiger partial charge in [-0.2, -0.15) is 0 Å². The first-order valence-corrected chi connectivity index (χ1v) is 7.44. The van der Waals surface area contributed by atoms with Gasteiger partial charge in [-0.3, -0.25) is 0 Å². The Hall–Kier alpha value is -0.730. The fourth-order valence-corrected chi connectivity index (χ4v) is 2.67. The van der Waals surface area contributed by atoms with E-state index >= 15 is 0 Å². The molecule has 0 amide bonds. The molecule has 0 atom stereocenters. The number of hydrogen-bond acceptors (Lipinski definition) is 2. The Kier molecular flexibility index (Phi) is 3.49. The predicted octanol–water partition coefficient (Wildman–Crippen LogP) is 3.58. The normalized spacial score (nSPS) is 19.0. The van der Waals surface area contributed by atoms with E-state index in [9.17, 15) is 0 Å². The van der Waals surface area contributed by atoms with Crippen molar-refractivity contribution < 1.29 is 0 Å². The van der Waals surface area contributed by atoms with E-state index in [4.69, 9.17) is 11.6 Å². The summed E-state index contributed by atoms with van der Waals surface area (Å²) in [5.74, 6) is 0. The van der Waals surface area contributed by atoms with Gasteiger partial charge in [0.1, 0.15) is 0 Å². The van der Waals surface area contributed by atoms with Crippen molar-refractivity contribution >= 4 is 17.3 Å². The van der Waals surface area contributed by atoms with Crippen LogP contribution in [0.2, 0.25) is 5.02 Å². The van der Waals surface area contributed by atoms with Crippen LogP contribution in [-0.4, -0.2) is 18.6 Å². The Balaban J connectivity index is 1.81. The van der Waals surface area contributed by atoms with Crippen LogP contribution in [0.5, 0.6) is 0 Å². The summed E-state index contributed by atoms with van der Waals surface area (Å²) in [6.45, 7) is 4.28. The van der Waals surface area contributed by atoms with Gasteiger partial charge in [0.25, 0.3) is 0 Å². The van der Waals surface area contributed by atoms with Crippen molar-refractivity contribution in [2.24, 2.45) is 0 Å². The lowest BCUT2D eigenvalue weighted by Gasteiger charge is -2.26. The zero-order valence-electron chi connectivity index (χ0n) is 11.0. The van der Waals surface area contributed by atoms with Crippen LogP contribution in [0.25, 0.3) is 0 Å². The summed E-state index contributed by atoms with van der Waals surface area (Å²) in [5, 5.41) is 4.45. The lowest BCUT2D eigenvalue weighted by molar-refractivity contribution is 0.683. The average Bonchev–Trinajstić information content (AvgIpc) is 3.23. The van der Waals surface area contributed by atoms with Crippen molar-refractivity contribution in [1.82, 2.24) is 5.32 Å². The summed E-state index contributed by atoms with van der Waals surface area (Å²) in [5.41, 5.74) is 2.72. The fraction of sp³-hybridized carbons (Fsp3) is 0.600. The molecular weight excluding hydrogens is 244 g/mol. The van der Waals surface area contributed by atoms with Gasteiger partial charge in [-0.15, -0.1) is 0 Å². The average molecular weight is 265 g/mol. The summed E-state index contributed by atoms with van der Waals surface area (Å²) >= 11 is 6.17. The van der Waals surface area contributed by atoms with Gasteiger partial charge in [-0.1, -0.05) is 17.7 Å². The van der Waals surface area contributed by atoms with Gasteiger partial charge in [0, 0.05) is 35.9 Å². The first kappa shape index (κ1) is 12.3. The number of halogens is 1. The number of nitrogens with zero attached hydrogens (tertiary/aromatic N) is 1. The second-order valence-electron chi connectivity index (χ2n) is 5.45. The van der Waals surface area contributed by atoms with E-state index in [1.165, 1.54) is 36.9 Å². The van der Waals surface area contributed by atoms with Crippen molar-refractivity contribution in [1.29, 1.82) is 0 Å². The monoisotopic (exact) mass is 264 g/mol. The molecule has 0 aromatic heterocycles. The molecule has 98 valence electrons. The molecule has 2 nitrogen and oxygen atoms in total. The highest BCUT2D eigenvalue weighted by Gasteiger charge is 2.29. The van der Waals surface area contributed by atoms with E-state index in [2.05, 4.69) is 29.3 Å². The minimum absolute atomic E-state index is 0.744. The molecule has 2 aliphatic rings. The fourth-order valence-electron chi connectivity index (χ4n) is 2.51. The third-order valence-corrected chi connectivity index (χ3v) is 4.08. The zero-order valence-corrected chi connectivity index (χ0v) is 11.7. The van der Waals surface area contributed by atoms with Crippen LogP contribution in [0.15, 0.2) is 18.2 Å². The Bertz CT molecular complexity index is 425. The molecule has 0 heterocycles. The second kappa shape index (κ2) is 5.10. The molecule has 1 aromatic carbocycles. The first-order valence-electron chi connectivity index (χ1n) is 7.06. The van der Waals surface area contributed by atoms with E-state index in [1.54, 1.807) is 0 Å². The van der Waals surface area contributed by atoms with E-state index in [0.717, 1.165) is 30.2 Å². The van der Waals surface area contributed by atoms with Crippen molar-refractivity contribution in [3.8, 4) is 0 Å². The van der Waals surface area contributed by atoms with Gasteiger partial charge >= 0.3 is 0 Å². The minimum atomic E-state index is 0.744. The van der Waals surface area contributed by atoms with Crippen LogP contribution < -0.4 is 10.2 Å². The van der Waals surface area contributed by atoms with Gasteiger partial charge in [-0.25, -0.2) is 0 Å². The minimum Gasteiger partial charge on any atom is -0.369 e. The van der Waals surface area contributed by atoms with Crippen LogP contribution in [-0.2, 0) is 6.54 Å². The van der Waals surface area contributed by atoms with Crippen molar-refractivity contribution in [2.75, 3.05) is 11.4 Å². The number of nitrogens with one attached hydrogen (secondary N) is 1. The number of rotatable bonds is 6. The summed E-state index contributed by atoms with van der Waals surface area (Å²) < 4.78 is 0. The molecule has 0 spiro atoms. The highest BCUT2D eigenvalue weighted by Crippen LogP contribution is 2.35. The van der Waals surface area contributed by atoms with Crippen LogP contribution in [0.3, 0.4) is 0 Å². The van der Waals surface area contributed by atoms with Gasteiger partial charge in [0.15, 0.2) is 0 Å². The Morgan fingerprint density at radius 3 is 2.67 bits per heavy atom. The maximum absolute atomic E-state index is 6.17. The zero-order chi connectivity index (χ0) is 12.5. The summed E-state index contributed by atoms with van der Waals surface area (Å²) in [6.07, 6.45) is 5.33. The molecule has 2 saturated carbocycles. The second-order valence-corrected chi connectivity index (χ2v) is 5.88. The molecule has 0 saturated heterocycles. The van der Waals surface area contributed by atoms with Crippen molar-refractivity contribution in [3.63, 3.8) is 0 Å². The Morgan fingerprint density at radius 1 is 1.28 bits per heavy atom. The molecule has 1 aromatic rings. The highest BCUT2D eigenvalue weighted by molar-refractivity contribution is 6.30. The molecule has 0 radical (unpaired) electrons. The number of anilines is 1. The first-order chi connectivity index (χ1) is 8.78. The third kappa shape index (κ3) is 2.81. The smallest absolute Gasteiger partial charge is 0.0429 e. The maximum atomic E-state index is 6.17. The standard InChI is InChI=1S/C15H21ClN2/c1-2-18(14-7-8-14)15-9-12(16)4-3-11(15)10-17-13-5-6-13/h3-4,9,13-14,17H,2,5-8,10H2,1H3. The van der Waals surface area contributed by atoms with E-state index in [1.807, 2.05) is 6.07 Å². The van der Waals surface area contributed by atoms with Gasteiger partial charge in [-0.05, 0) is 50.3 Å². The molecule has 2 fully saturated rings. The topological polar surface area (TPSA) is 15.3 Å². The Labute approximate surface area is 114 Å². The lowest BCUT2D eigenvalue weighted by Crippen LogP contribution is -2.27. The summed E-state index contributed by atoms with van der Waals surface area (Å²) in [6, 6.07) is 7.82. The lowest BCUT2D eigenvalue weighted by atomic mass is 10.1. The number of hydrogen-bond donors (Lipinski definition) is 1. The van der Waals surface area contributed by atoms with Gasteiger partial charge in [0.05, 0.1) is 0 Å². The maximum Gasteiger partial charge on any atom is 0.0429 e. The third-order valence-electron chi connectivity index (χ3n) is 3.84.